The first kappa shape index (κ1) is 20.2. The lowest BCUT2D eigenvalue weighted by atomic mass is 9.96. The van der Waals surface area contributed by atoms with Crippen LogP contribution in [0.15, 0.2) is 33.7 Å². The van der Waals surface area contributed by atoms with Gasteiger partial charge in [0, 0.05) is 11.6 Å². The lowest BCUT2D eigenvalue weighted by Gasteiger charge is -2.13. The summed E-state index contributed by atoms with van der Waals surface area (Å²) in [4.78, 5) is 36.5. The topological polar surface area (TPSA) is 103 Å². The predicted molar refractivity (Wildman–Crippen MR) is 98.1 cm³/mol. The number of hydrogen-bond acceptors (Lipinski definition) is 6. The van der Waals surface area contributed by atoms with Crippen LogP contribution in [-0.4, -0.2) is 31.1 Å². The molecule has 2 rings (SSSR count). The van der Waals surface area contributed by atoms with Gasteiger partial charge in [-0.1, -0.05) is 19.8 Å². The Hall–Kier alpha value is -3.09. The third-order valence-corrected chi connectivity index (χ3v) is 4.19. The van der Waals surface area contributed by atoms with Crippen molar-refractivity contribution in [3.8, 4) is 11.5 Å². The zero-order valence-corrected chi connectivity index (χ0v) is 15.5. The monoisotopic (exact) mass is 374 g/mol. The molecule has 7 nitrogen and oxygen atoms in total. The molecule has 0 bridgehead atoms. The lowest BCUT2D eigenvalue weighted by molar-refractivity contribution is 0.0691. The van der Waals surface area contributed by atoms with Crippen LogP contribution >= 0.6 is 0 Å². The quantitative estimate of drug-likeness (QED) is 0.530. The van der Waals surface area contributed by atoms with Gasteiger partial charge in [0.15, 0.2) is 0 Å². The summed E-state index contributed by atoms with van der Waals surface area (Å²) in [6, 6.07) is 4.14. The molecule has 0 saturated carbocycles. The first-order chi connectivity index (χ1) is 12.9. The molecule has 2 aromatic rings. The average molecular weight is 374 g/mol. The number of carboxylic acids is 1. The lowest BCUT2D eigenvalue weighted by Crippen LogP contribution is -2.15. The summed E-state index contributed by atoms with van der Waals surface area (Å²) in [5.74, 6) is -1.58. The fraction of sp³-hybridized carbons (Fsp3) is 0.350. The van der Waals surface area contributed by atoms with Crippen molar-refractivity contribution in [3.05, 3.63) is 57.1 Å². The zero-order chi connectivity index (χ0) is 20.0. The van der Waals surface area contributed by atoms with Gasteiger partial charge in [0.25, 0.3) is 0 Å². The molecule has 0 aliphatic carbocycles. The van der Waals surface area contributed by atoms with Crippen LogP contribution in [0.4, 0.5) is 0 Å². The smallest absolute Gasteiger partial charge is 0.338 e. The van der Waals surface area contributed by atoms with Crippen molar-refractivity contribution in [1.82, 2.24) is 0 Å². The molecule has 0 spiro atoms. The fourth-order valence-corrected chi connectivity index (χ4v) is 2.75. The van der Waals surface area contributed by atoms with E-state index in [4.69, 9.17) is 13.9 Å². The predicted octanol–water partition coefficient (Wildman–Crippen LogP) is 3.32. The van der Waals surface area contributed by atoms with E-state index in [1.165, 1.54) is 32.4 Å². The number of ketones is 1. The minimum Gasteiger partial charge on any atom is -0.497 e. The largest absolute Gasteiger partial charge is 0.497 e. The van der Waals surface area contributed by atoms with E-state index in [9.17, 15) is 19.5 Å². The summed E-state index contributed by atoms with van der Waals surface area (Å²) in [5, 5.41) is 9.51. The third kappa shape index (κ3) is 4.55. The molecular formula is C20H22O7. The van der Waals surface area contributed by atoms with Gasteiger partial charge in [-0.2, -0.15) is 0 Å². The van der Waals surface area contributed by atoms with Gasteiger partial charge in [0.05, 0.1) is 30.9 Å². The van der Waals surface area contributed by atoms with Crippen molar-refractivity contribution in [2.45, 2.75) is 32.6 Å². The first-order valence-electron chi connectivity index (χ1n) is 8.58. The zero-order valence-electron chi connectivity index (χ0n) is 15.5. The summed E-state index contributed by atoms with van der Waals surface area (Å²) in [7, 11) is 2.72. The molecule has 144 valence electrons. The van der Waals surface area contributed by atoms with Crippen LogP contribution in [0.2, 0.25) is 0 Å². The molecule has 1 heterocycles. The maximum Gasteiger partial charge on any atom is 0.338 e. The number of methoxy groups -OCH3 is 2. The number of rotatable bonds is 9. The maximum atomic E-state index is 13.0. The van der Waals surface area contributed by atoms with Crippen LogP contribution < -0.4 is 15.1 Å². The highest BCUT2D eigenvalue weighted by Crippen LogP contribution is 2.31. The first-order valence-corrected chi connectivity index (χ1v) is 8.58. The van der Waals surface area contributed by atoms with E-state index in [0.717, 1.165) is 25.5 Å². The molecule has 0 radical (unpaired) electrons. The number of aryl methyl sites for hydroxylation is 1. The highest BCUT2D eigenvalue weighted by molar-refractivity contribution is 6.16. The number of ether oxygens (including phenoxy) is 2. The van der Waals surface area contributed by atoms with Crippen molar-refractivity contribution in [2.24, 2.45) is 0 Å². The SMILES string of the molecule is CCCCCc1cc(C(=O)c2c(OC)cc(OC)cc2C(=O)O)coc1=O. The Bertz CT molecular complexity index is 896. The molecule has 0 aliphatic heterocycles. The Balaban J connectivity index is 2.53. The highest BCUT2D eigenvalue weighted by atomic mass is 16.5. The molecule has 0 saturated heterocycles. The van der Waals surface area contributed by atoms with Crippen molar-refractivity contribution >= 4 is 11.8 Å². The van der Waals surface area contributed by atoms with Gasteiger partial charge >= 0.3 is 11.6 Å². The van der Waals surface area contributed by atoms with E-state index in [1.807, 2.05) is 6.92 Å². The van der Waals surface area contributed by atoms with Crippen LogP contribution in [0.3, 0.4) is 0 Å². The van der Waals surface area contributed by atoms with Crippen LogP contribution in [0.25, 0.3) is 0 Å². The fourth-order valence-electron chi connectivity index (χ4n) is 2.75. The van der Waals surface area contributed by atoms with Crippen LogP contribution in [-0.2, 0) is 6.42 Å². The van der Waals surface area contributed by atoms with Crippen molar-refractivity contribution in [2.75, 3.05) is 14.2 Å². The van der Waals surface area contributed by atoms with Crippen LogP contribution in [0.1, 0.15) is 58.0 Å². The molecule has 0 atom stereocenters. The summed E-state index contributed by atoms with van der Waals surface area (Å²) in [6.45, 7) is 2.05. The standard InChI is InChI=1S/C20H22O7/c1-4-5-6-7-12-8-13(11-27-20(12)24)18(21)17-15(19(22)23)9-14(25-2)10-16(17)26-3/h8-11H,4-7H2,1-3H3,(H,22,23). The minimum atomic E-state index is -1.30. The van der Waals surface area contributed by atoms with E-state index >= 15 is 0 Å². The molecule has 0 unspecified atom stereocenters. The van der Waals surface area contributed by atoms with E-state index in [0.29, 0.717) is 12.0 Å². The number of hydrogen-bond donors (Lipinski definition) is 1. The molecular weight excluding hydrogens is 352 g/mol. The Labute approximate surface area is 156 Å². The Morgan fingerprint density at radius 1 is 1.11 bits per heavy atom. The number of aromatic carboxylic acids is 1. The van der Waals surface area contributed by atoms with Crippen LogP contribution in [0, 0.1) is 0 Å². The number of carboxylic acid groups (broad SMARTS) is 1. The summed E-state index contributed by atoms with van der Waals surface area (Å²) < 4.78 is 15.3. The number of benzene rings is 1. The summed E-state index contributed by atoms with van der Waals surface area (Å²) in [6.07, 6.45) is 4.28. The van der Waals surface area contributed by atoms with Gasteiger partial charge in [-0.05, 0) is 25.0 Å². The third-order valence-electron chi connectivity index (χ3n) is 4.19. The molecule has 0 aliphatic rings. The summed E-state index contributed by atoms with van der Waals surface area (Å²) >= 11 is 0. The molecule has 1 N–H and O–H groups in total. The molecule has 0 amide bonds. The van der Waals surface area contributed by atoms with Gasteiger partial charge < -0.3 is 19.0 Å². The molecule has 27 heavy (non-hydrogen) atoms. The Morgan fingerprint density at radius 2 is 1.85 bits per heavy atom. The number of unbranched alkanes of at least 4 members (excludes halogenated alkanes) is 2. The number of carbonyl (C=O) groups excluding carboxylic acids is 1. The van der Waals surface area contributed by atoms with Crippen molar-refractivity contribution < 1.29 is 28.6 Å². The second-order valence-corrected chi connectivity index (χ2v) is 5.99. The summed E-state index contributed by atoms with van der Waals surface area (Å²) in [5.41, 5.74) is -0.400. The van der Waals surface area contributed by atoms with E-state index in [1.54, 1.807) is 0 Å². The molecule has 7 heteroatoms. The van der Waals surface area contributed by atoms with Crippen molar-refractivity contribution in [1.29, 1.82) is 0 Å². The Morgan fingerprint density at radius 3 is 2.44 bits per heavy atom. The maximum absolute atomic E-state index is 13.0. The van der Waals surface area contributed by atoms with E-state index in [-0.39, 0.29) is 28.2 Å². The Kier molecular flexibility index (Phi) is 6.76. The van der Waals surface area contributed by atoms with Gasteiger partial charge in [0.2, 0.25) is 5.78 Å². The van der Waals surface area contributed by atoms with Gasteiger partial charge in [0.1, 0.15) is 17.8 Å². The second-order valence-electron chi connectivity index (χ2n) is 5.99. The second kappa shape index (κ2) is 9.02. The minimum absolute atomic E-state index is 0.0653. The molecule has 0 fully saturated rings. The number of carbonyl (C=O) groups is 2. The molecule has 1 aromatic carbocycles. The average Bonchev–Trinajstić information content (AvgIpc) is 2.67. The molecule has 1 aromatic heterocycles. The van der Waals surface area contributed by atoms with Gasteiger partial charge in [-0.3, -0.25) is 4.79 Å². The van der Waals surface area contributed by atoms with Crippen LogP contribution in [0.5, 0.6) is 11.5 Å². The van der Waals surface area contributed by atoms with Gasteiger partial charge in [-0.15, -0.1) is 0 Å². The highest BCUT2D eigenvalue weighted by Gasteiger charge is 2.25. The van der Waals surface area contributed by atoms with E-state index in [2.05, 4.69) is 0 Å². The normalized spacial score (nSPS) is 10.5. The van der Waals surface area contributed by atoms with Crippen molar-refractivity contribution in [3.63, 3.8) is 0 Å². The van der Waals surface area contributed by atoms with E-state index < -0.39 is 17.4 Å². The van der Waals surface area contributed by atoms with Gasteiger partial charge in [-0.25, -0.2) is 9.59 Å².